The average Bonchev–Trinajstić information content (AvgIpc) is 2.94. The summed E-state index contributed by atoms with van der Waals surface area (Å²) in [5.41, 5.74) is 0.238. The van der Waals surface area contributed by atoms with Crippen molar-refractivity contribution in [3.8, 4) is 0 Å². The van der Waals surface area contributed by atoms with Crippen molar-refractivity contribution in [2.24, 2.45) is 5.92 Å². The smallest absolute Gasteiger partial charge is 0.105 e. The van der Waals surface area contributed by atoms with Crippen molar-refractivity contribution >= 4 is 0 Å². The Morgan fingerprint density at radius 1 is 1.44 bits per heavy atom. The van der Waals surface area contributed by atoms with Crippen LogP contribution in [-0.4, -0.2) is 36.6 Å². The lowest BCUT2D eigenvalue weighted by Gasteiger charge is -2.23. The second kappa shape index (κ2) is 5.89. The van der Waals surface area contributed by atoms with Gasteiger partial charge < -0.3 is 14.6 Å². The highest BCUT2D eigenvalue weighted by Gasteiger charge is 2.23. The Morgan fingerprint density at radius 3 is 2.94 bits per heavy atom. The molecule has 1 atom stereocenters. The van der Waals surface area contributed by atoms with Crippen molar-refractivity contribution in [2.75, 3.05) is 26.2 Å². The minimum absolute atomic E-state index is 0.238. The van der Waals surface area contributed by atoms with Crippen molar-refractivity contribution in [2.45, 2.75) is 39.2 Å². The van der Waals surface area contributed by atoms with Crippen LogP contribution in [0.5, 0.6) is 0 Å². The van der Waals surface area contributed by atoms with Crippen LogP contribution in [0.4, 0.5) is 0 Å². The first-order chi connectivity index (χ1) is 8.53. The quantitative estimate of drug-likeness (QED) is 0.870. The van der Waals surface area contributed by atoms with Gasteiger partial charge in [-0.1, -0.05) is 0 Å². The zero-order valence-corrected chi connectivity index (χ0v) is 11.9. The van der Waals surface area contributed by atoms with E-state index in [1.807, 2.05) is 6.07 Å². The monoisotopic (exact) mass is 250 g/mol. The first-order valence-corrected chi connectivity index (χ1v) is 7.03. The molecule has 2 rings (SSSR count). The van der Waals surface area contributed by atoms with Crippen LogP contribution in [0.2, 0.25) is 0 Å². The molecule has 1 aliphatic rings. The summed E-state index contributed by atoms with van der Waals surface area (Å²) < 4.78 is 5.37. The fraction of sp³-hybridized carbons (Fsp3) is 0.733. The number of hydrogen-bond acceptors (Lipinski definition) is 3. The Hall–Kier alpha value is -0.800. The molecule has 1 aliphatic heterocycles. The summed E-state index contributed by atoms with van der Waals surface area (Å²) in [7, 11) is 0. The highest BCUT2D eigenvalue weighted by atomic mass is 16.3. The Labute approximate surface area is 111 Å². The summed E-state index contributed by atoms with van der Waals surface area (Å²) >= 11 is 0. The Kier molecular flexibility index (Phi) is 4.46. The van der Waals surface area contributed by atoms with Crippen molar-refractivity contribution in [3.05, 3.63) is 24.2 Å². The molecule has 1 unspecified atom stereocenters. The van der Waals surface area contributed by atoms with Gasteiger partial charge in [-0.05, 0) is 58.3 Å². The molecule has 3 nitrogen and oxygen atoms in total. The third-order valence-corrected chi connectivity index (χ3v) is 3.55. The molecular formula is C15H26N2O. The van der Waals surface area contributed by atoms with E-state index >= 15 is 0 Å². The zero-order valence-electron chi connectivity index (χ0n) is 11.9. The third-order valence-electron chi connectivity index (χ3n) is 3.55. The molecule has 0 radical (unpaired) electrons. The molecule has 0 amide bonds. The Balaban J connectivity index is 1.65. The molecule has 3 heteroatoms. The van der Waals surface area contributed by atoms with Gasteiger partial charge in [0.2, 0.25) is 0 Å². The molecule has 0 aromatic carbocycles. The highest BCUT2D eigenvalue weighted by Crippen LogP contribution is 2.17. The van der Waals surface area contributed by atoms with Gasteiger partial charge in [0.25, 0.3) is 0 Å². The van der Waals surface area contributed by atoms with Crippen LogP contribution in [0.3, 0.4) is 0 Å². The van der Waals surface area contributed by atoms with E-state index in [1.165, 1.54) is 19.5 Å². The molecule has 1 aromatic rings. The highest BCUT2D eigenvalue weighted by molar-refractivity contribution is 4.98. The molecule has 0 spiro atoms. The maximum atomic E-state index is 5.37. The summed E-state index contributed by atoms with van der Waals surface area (Å²) in [4.78, 5) is 2.55. The van der Waals surface area contributed by atoms with Gasteiger partial charge in [-0.2, -0.15) is 0 Å². The van der Waals surface area contributed by atoms with Gasteiger partial charge in [-0.15, -0.1) is 0 Å². The number of nitrogens with one attached hydrogen (secondary N) is 1. The summed E-state index contributed by atoms with van der Waals surface area (Å²) in [5, 5.41) is 3.61. The van der Waals surface area contributed by atoms with E-state index in [4.69, 9.17) is 4.42 Å². The maximum Gasteiger partial charge on any atom is 0.105 e. The topological polar surface area (TPSA) is 28.4 Å². The second-order valence-electron chi connectivity index (χ2n) is 6.42. The van der Waals surface area contributed by atoms with E-state index in [2.05, 4.69) is 37.1 Å². The van der Waals surface area contributed by atoms with Crippen molar-refractivity contribution in [3.63, 3.8) is 0 Å². The lowest BCUT2D eigenvalue weighted by molar-refractivity contribution is 0.307. The standard InChI is InChI=1S/C15H26N2O/c1-15(2,3)16-11-13-6-8-17(12-13)9-7-14-5-4-10-18-14/h4-5,10,13,16H,6-9,11-12H2,1-3H3. The van der Waals surface area contributed by atoms with E-state index in [-0.39, 0.29) is 5.54 Å². The van der Waals surface area contributed by atoms with Gasteiger partial charge >= 0.3 is 0 Å². The minimum atomic E-state index is 0.238. The van der Waals surface area contributed by atoms with E-state index in [0.717, 1.165) is 31.2 Å². The van der Waals surface area contributed by atoms with Crippen molar-refractivity contribution in [1.82, 2.24) is 10.2 Å². The summed E-state index contributed by atoms with van der Waals surface area (Å²) in [5.74, 6) is 1.91. The normalized spacial score (nSPS) is 21.6. The van der Waals surface area contributed by atoms with Gasteiger partial charge in [-0.3, -0.25) is 0 Å². The molecule has 18 heavy (non-hydrogen) atoms. The Morgan fingerprint density at radius 2 is 2.28 bits per heavy atom. The molecule has 0 bridgehead atoms. The number of furan rings is 1. The predicted octanol–water partition coefficient (Wildman–Crippen LogP) is 2.53. The van der Waals surface area contributed by atoms with E-state index in [0.29, 0.717) is 0 Å². The van der Waals surface area contributed by atoms with Crippen molar-refractivity contribution < 1.29 is 4.42 Å². The third kappa shape index (κ3) is 4.46. The van der Waals surface area contributed by atoms with Crippen LogP contribution in [-0.2, 0) is 6.42 Å². The fourth-order valence-electron chi connectivity index (χ4n) is 2.46. The first kappa shape index (κ1) is 13.6. The van der Waals surface area contributed by atoms with Gasteiger partial charge in [0.1, 0.15) is 5.76 Å². The summed E-state index contributed by atoms with van der Waals surface area (Å²) in [6, 6.07) is 4.03. The number of hydrogen-bond donors (Lipinski definition) is 1. The molecule has 0 aliphatic carbocycles. The maximum absolute atomic E-state index is 5.37. The molecule has 102 valence electrons. The van der Waals surface area contributed by atoms with Gasteiger partial charge in [0.15, 0.2) is 0 Å². The molecule has 2 heterocycles. The van der Waals surface area contributed by atoms with Crippen LogP contribution in [0.25, 0.3) is 0 Å². The number of nitrogens with zero attached hydrogens (tertiary/aromatic N) is 1. The van der Waals surface area contributed by atoms with Crippen LogP contribution >= 0.6 is 0 Å². The van der Waals surface area contributed by atoms with Crippen LogP contribution in [0, 0.1) is 5.92 Å². The van der Waals surface area contributed by atoms with Crippen LogP contribution < -0.4 is 5.32 Å². The zero-order chi connectivity index (χ0) is 13.0. The van der Waals surface area contributed by atoms with E-state index in [9.17, 15) is 0 Å². The number of rotatable bonds is 5. The van der Waals surface area contributed by atoms with Crippen LogP contribution in [0.1, 0.15) is 33.0 Å². The molecule has 1 saturated heterocycles. The predicted molar refractivity (Wildman–Crippen MR) is 74.7 cm³/mol. The van der Waals surface area contributed by atoms with Gasteiger partial charge in [0.05, 0.1) is 6.26 Å². The minimum Gasteiger partial charge on any atom is -0.469 e. The second-order valence-corrected chi connectivity index (χ2v) is 6.42. The largest absolute Gasteiger partial charge is 0.469 e. The van der Waals surface area contributed by atoms with Crippen LogP contribution in [0.15, 0.2) is 22.8 Å². The van der Waals surface area contributed by atoms with E-state index in [1.54, 1.807) is 6.26 Å². The number of likely N-dealkylation sites (tertiary alicyclic amines) is 1. The summed E-state index contributed by atoms with van der Waals surface area (Å²) in [6.45, 7) is 11.4. The van der Waals surface area contributed by atoms with Crippen molar-refractivity contribution in [1.29, 1.82) is 0 Å². The molecule has 1 fully saturated rings. The molecule has 0 saturated carbocycles. The Bertz CT molecular complexity index is 340. The lowest BCUT2D eigenvalue weighted by atomic mass is 10.1. The van der Waals surface area contributed by atoms with Gasteiger partial charge in [0, 0.05) is 25.0 Å². The van der Waals surface area contributed by atoms with Gasteiger partial charge in [-0.25, -0.2) is 0 Å². The lowest BCUT2D eigenvalue weighted by Crippen LogP contribution is -2.39. The van der Waals surface area contributed by atoms with E-state index < -0.39 is 0 Å². The molecule has 1 aromatic heterocycles. The summed E-state index contributed by atoms with van der Waals surface area (Å²) in [6.07, 6.45) is 4.11. The SMILES string of the molecule is CC(C)(C)NCC1CCN(CCc2ccco2)C1. The fourth-order valence-corrected chi connectivity index (χ4v) is 2.46. The molecular weight excluding hydrogens is 224 g/mol. The first-order valence-electron chi connectivity index (χ1n) is 7.03. The molecule has 1 N–H and O–H groups in total. The average molecular weight is 250 g/mol.